The number of nitrogens with one attached hydrogen (secondary N) is 1. The van der Waals surface area contributed by atoms with Crippen molar-refractivity contribution in [3.05, 3.63) is 18.2 Å². The second-order valence-corrected chi connectivity index (χ2v) is 4.03. The van der Waals surface area contributed by atoms with Crippen molar-refractivity contribution in [1.29, 1.82) is 0 Å². The lowest BCUT2D eigenvalue weighted by atomic mass is 10.2. The molecule has 0 aliphatic rings. The monoisotopic (exact) mass is 228 g/mol. The van der Waals surface area contributed by atoms with Gasteiger partial charge in [0.25, 0.3) is 0 Å². The van der Waals surface area contributed by atoms with Crippen LogP contribution in [-0.4, -0.2) is 11.2 Å². The summed E-state index contributed by atoms with van der Waals surface area (Å²) in [5.74, 6) is -0.160. The third-order valence-electron chi connectivity index (χ3n) is 1.42. The average Bonchev–Trinajstić information content (AvgIpc) is 2.08. The molecule has 0 heterocycles. The number of hydrogen-bond donors (Lipinski definition) is 3. The molecule has 1 rings (SSSR count). The molecule has 80 valence electrons. The highest BCUT2D eigenvalue weighted by Gasteiger charge is 2.06. The summed E-state index contributed by atoms with van der Waals surface area (Å²) in [7, 11) is -4.22. The van der Waals surface area contributed by atoms with Crippen molar-refractivity contribution in [2.24, 2.45) is 10.5 Å². The van der Waals surface area contributed by atoms with Gasteiger partial charge in [-0.05, 0) is 12.1 Å². The highest BCUT2D eigenvalue weighted by Crippen LogP contribution is 2.35. The van der Waals surface area contributed by atoms with Crippen LogP contribution in [-0.2, 0) is 9.36 Å². The van der Waals surface area contributed by atoms with Crippen LogP contribution in [0.1, 0.15) is 0 Å². The van der Waals surface area contributed by atoms with Gasteiger partial charge in [-0.3, -0.25) is 10.1 Å². The molecule has 7 nitrogen and oxygen atoms in total. The van der Waals surface area contributed by atoms with E-state index in [9.17, 15) is 14.3 Å². The van der Waals surface area contributed by atoms with Gasteiger partial charge in [-0.15, -0.1) is 0 Å². The van der Waals surface area contributed by atoms with Crippen molar-refractivity contribution >= 4 is 25.1 Å². The number of nitrogens with two attached hydrogens (primary N) is 1. The number of rotatable bonds is 3. The molecule has 0 spiro atoms. The van der Waals surface area contributed by atoms with Crippen LogP contribution in [0.3, 0.4) is 0 Å². The van der Waals surface area contributed by atoms with Crippen LogP contribution in [0.5, 0.6) is 5.75 Å². The predicted molar refractivity (Wildman–Crippen MR) is 51.3 cm³/mol. The van der Waals surface area contributed by atoms with E-state index in [1.54, 1.807) is 0 Å². The molecule has 0 fully saturated rings. The van der Waals surface area contributed by atoms with Crippen LogP contribution < -0.4 is 15.5 Å². The lowest BCUT2D eigenvalue weighted by Gasteiger charge is -2.20. The topological polar surface area (TPSA) is 128 Å². The standard InChI is InChI=1S/C7H8N3O4P/c8-15(13,14)10-6-2-1-5(12)3-7(6)9-4-11/h1-3,12H,(H4,8,10,13,14)/p-1. The molecule has 1 atom stereocenters. The second kappa shape index (κ2) is 4.25. The van der Waals surface area contributed by atoms with Gasteiger partial charge in [-0.25, -0.2) is 4.79 Å². The number of carbonyl (C=O) groups excluding carboxylic acids is 1. The van der Waals surface area contributed by atoms with E-state index in [1.807, 2.05) is 5.09 Å². The first kappa shape index (κ1) is 11.4. The Balaban J connectivity index is 3.17. The van der Waals surface area contributed by atoms with Gasteiger partial charge in [0.15, 0.2) is 7.67 Å². The lowest BCUT2D eigenvalue weighted by molar-refractivity contribution is -0.173. The molecule has 0 aliphatic heterocycles. The number of anilines is 1. The number of hydrogen-bond acceptors (Lipinski definition) is 5. The summed E-state index contributed by atoms with van der Waals surface area (Å²) < 4.78 is 10.7. The van der Waals surface area contributed by atoms with Crippen LogP contribution in [0.25, 0.3) is 0 Å². The Hall–Kier alpha value is -1.65. The molecule has 1 aromatic carbocycles. The summed E-state index contributed by atoms with van der Waals surface area (Å²) >= 11 is 0. The number of benzene rings is 1. The number of aromatic hydroxyl groups is 1. The number of phenols is 1. The summed E-state index contributed by atoms with van der Waals surface area (Å²) in [6.45, 7) is 0. The fourth-order valence-electron chi connectivity index (χ4n) is 0.924. The summed E-state index contributed by atoms with van der Waals surface area (Å²) in [6, 6.07) is 3.55. The van der Waals surface area contributed by atoms with E-state index in [0.717, 1.165) is 6.07 Å². The minimum atomic E-state index is -4.22. The van der Waals surface area contributed by atoms with Gasteiger partial charge < -0.3 is 15.1 Å². The van der Waals surface area contributed by atoms with E-state index in [4.69, 9.17) is 10.6 Å². The van der Waals surface area contributed by atoms with E-state index in [2.05, 4.69) is 4.99 Å². The maximum atomic E-state index is 10.7. The molecule has 4 N–H and O–H groups in total. The van der Waals surface area contributed by atoms with Crippen LogP contribution in [0, 0.1) is 0 Å². The van der Waals surface area contributed by atoms with Crippen molar-refractivity contribution in [3.8, 4) is 5.75 Å². The van der Waals surface area contributed by atoms with Crippen LogP contribution >= 0.6 is 7.67 Å². The van der Waals surface area contributed by atoms with E-state index in [1.165, 1.54) is 18.2 Å². The van der Waals surface area contributed by atoms with Crippen molar-refractivity contribution < 1.29 is 19.4 Å². The Morgan fingerprint density at radius 2 is 2.27 bits per heavy atom. The molecule has 0 saturated carbocycles. The first-order valence-corrected chi connectivity index (χ1v) is 5.40. The average molecular weight is 228 g/mol. The Kier molecular flexibility index (Phi) is 3.24. The predicted octanol–water partition coefficient (Wildman–Crippen LogP) is 0.198. The largest absolute Gasteiger partial charge is 0.772 e. The van der Waals surface area contributed by atoms with E-state index < -0.39 is 7.67 Å². The van der Waals surface area contributed by atoms with Crippen molar-refractivity contribution in [3.63, 3.8) is 0 Å². The quantitative estimate of drug-likeness (QED) is 0.293. The van der Waals surface area contributed by atoms with E-state index in [0.29, 0.717) is 0 Å². The minimum Gasteiger partial charge on any atom is -0.772 e. The van der Waals surface area contributed by atoms with Crippen molar-refractivity contribution in [1.82, 2.24) is 0 Å². The fraction of sp³-hybridized carbons (Fsp3) is 0. The number of isocyanates is 1. The van der Waals surface area contributed by atoms with Crippen LogP contribution in [0.15, 0.2) is 23.2 Å². The third kappa shape index (κ3) is 3.53. The van der Waals surface area contributed by atoms with E-state index in [-0.39, 0.29) is 17.1 Å². The second-order valence-electron chi connectivity index (χ2n) is 2.61. The zero-order valence-corrected chi connectivity index (χ0v) is 8.27. The van der Waals surface area contributed by atoms with Crippen LogP contribution in [0.2, 0.25) is 0 Å². The summed E-state index contributed by atoms with van der Waals surface area (Å²) in [5.41, 5.74) is 4.69. The van der Waals surface area contributed by atoms with Gasteiger partial charge in [0.05, 0.1) is 5.69 Å². The van der Waals surface area contributed by atoms with Gasteiger partial charge in [0.2, 0.25) is 6.08 Å². The maximum absolute atomic E-state index is 10.7. The van der Waals surface area contributed by atoms with E-state index >= 15 is 0 Å². The highest BCUT2D eigenvalue weighted by molar-refractivity contribution is 7.55. The number of nitrogens with zero attached hydrogens (tertiary/aromatic N) is 1. The highest BCUT2D eigenvalue weighted by atomic mass is 31.2. The zero-order chi connectivity index (χ0) is 11.5. The van der Waals surface area contributed by atoms with Crippen LogP contribution in [0.4, 0.5) is 11.4 Å². The molecular formula is C7H7N3O4P-. The first-order chi connectivity index (χ1) is 6.92. The molecule has 0 saturated heterocycles. The Bertz CT molecular complexity index is 463. The fourth-order valence-corrected chi connectivity index (χ4v) is 1.45. The van der Waals surface area contributed by atoms with Gasteiger partial charge in [0.1, 0.15) is 11.4 Å². The molecule has 15 heavy (non-hydrogen) atoms. The Morgan fingerprint density at radius 3 is 2.80 bits per heavy atom. The molecule has 0 aliphatic carbocycles. The molecular weight excluding hydrogens is 221 g/mol. The van der Waals surface area contributed by atoms with Gasteiger partial charge in [-0.1, -0.05) is 0 Å². The van der Waals surface area contributed by atoms with Gasteiger partial charge in [0, 0.05) is 6.07 Å². The maximum Gasteiger partial charge on any atom is 0.240 e. The summed E-state index contributed by atoms with van der Waals surface area (Å²) in [5, 5.41) is 11.0. The Morgan fingerprint density at radius 1 is 1.60 bits per heavy atom. The minimum absolute atomic E-state index is 0.00279. The molecule has 0 amide bonds. The SMILES string of the molecule is NP(=O)([O-])Nc1ccc(O)cc1N=C=O. The van der Waals surface area contributed by atoms with Crippen molar-refractivity contribution in [2.75, 3.05) is 5.09 Å². The first-order valence-electron chi connectivity index (χ1n) is 3.71. The summed E-state index contributed by atoms with van der Waals surface area (Å²) in [4.78, 5) is 24.0. The third-order valence-corrected chi connectivity index (χ3v) is 1.98. The molecule has 0 radical (unpaired) electrons. The molecule has 1 unspecified atom stereocenters. The molecule has 8 heteroatoms. The van der Waals surface area contributed by atoms with Gasteiger partial charge in [-0.2, -0.15) is 4.99 Å². The lowest BCUT2D eigenvalue weighted by Crippen LogP contribution is -2.17. The normalized spacial score (nSPS) is 13.7. The number of aliphatic imine (C=N–C) groups is 1. The smallest absolute Gasteiger partial charge is 0.240 e. The molecule has 0 bridgehead atoms. The Labute approximate surface area is 84.8 Å². The zero-order valence-electron chi connectivity index (χ0n) is 7.38. The number of phenolic OH excluding ortho intramolecular Hbond substituents is 1. The van der Waals surface area contributed by atoms with Crippen molar-refractivity contribution in [2.45, 2.75) is 0 Å². The van der Waals surface area contributed by atoms with Gasteiger partial charge >= 0.3 is 0 Å². The summed E-state index contributed by atoms with van der Waals surface area (Å²) in [6.07, 6.45) is 1.23. The molecule has 1 aromatic rings. The molecule has 0 aromatic heterocycles.